The van der Waals surface area contributed by atoms with Crippen LogP contribution in [0, 0.1) is 11.2 Å². The lowest BCUT2D eigenvalue weighted by atomic mass is 9.88. The maximum absolute atomic E-state index is 15.2. The predicted octanol–water partition coefficient (Wildman–Crippen LogP) is 7.43. The lowest BCUT2D eigenvalue weighted by Gasteiger charge is -2.14. The minimum atomic E-state index is -0.937. The molecule has 7 nitrogen and oxygen atoms in total. The number of ether oxygens (including phenoxy) is 1. The molecule has 0 aliphatic heterocycles. The van der Waals surface area contributed by atoms with Gasteiger partial charge < -0.3 is 10.1 Å². The number of nitrogens with one attached hydrogen (secondary N) is 1. The van der Waals surface area contributed by atoms with Crippen molar-refractivity contribution in [3.05, 3.63) is 114 Å². The van der Waals surface area contributed by atoms with E-state index in [2.05, 4.69) is 41.5 Å². The SMILES string of the molecule is CCCNCc1ccc(-c2cc3nccc(Oc4ccc(CC(=O)C5(C(=O)Cc6ccccc6)CC5)cc4F)c3s2)cc1.O=S=O. The fourth-order valence-corrected chi connectivity index (χ4v) is 6.40. The lowest BCUT2D eigenvalue weighted by Crippen LogP contribution is -2.28. The average Bonchev–Trinajstić information content (AvgIpc) is 3.76. The van der Waals surface area contributed by atoms with Gasteiger partial charge in [0.15, 0.2) is 23.1 Å². The Morgan fingerprint density at radius 3 is 2.22 bits per heavy atom. The topological polar surface area (TPSA) is 102 Å². The second kappa shape index (κ2) is 15.3. The summed E-state index contributed by atoms with van der Waals surface area (Å²) in [5.74, 6) is -0.161. The van der Waals surface area contributed by atoms with E-state index in [1.165, 1.54) is 11.6 Å². The number of pyridine rings is 1. The molecule has 0 bridgehead atoms. The molecule has 6 rings (SSSR count). The van der Waals surface area contributed by atoms with E-state index >= 15 is 4.39 Å². The number of carbonyl (C=O) groups is 2. The molecular weight excluding hydrogens is 624 g/mol. The molecule has 0 atom stereocenters. The predicted molar refractivity (Wildman–Crippen MR) is 178 cm³/mol. The minimum Gasteiger partial charge on any atom is -0.453 e. The molecule has 1 N–H and O–H groups in total. The molecule has 1 fully saturated rings. The summed E-state index contributed by atoms with van der Waals surface area (Å²) in [6.07, 6.45) is 4.12. The summed E-state index contributed by atoms with van der Waals surface area (Å²) < 4.78 is 38.7. The van der Waals surface area contributed by atoms with Gasteiger partial charge in [0.05, 0.1) is 15.6 Å². The Balaban J connectivity index is 0.00000134. The van der Waals surface area contributed by atoms with Gasteiger partial charge in [0.25, 0.3) is 0 Å². The Hall–Kier alpha value is -4.38. The van der Waals surface area contributed by atoms with Gasteiger partial charge in [0.1, 0.15) is 5.75 Å². The molecule has 0 saturated heterocycles. The number of carbonyl (C=O) groups excluding carboxylic acids is 2. The van der Waals surface area contributed by atoms with Crippen LogP contribution in [0.5, 0.6) is 11.5 Å². The maximum atomic E-state index is 15.2. The van der Waals surface area contributed by atoms with E-state index in [0.717, 1.165) is 45.7 Å². The van der Waals surface area contributed by atoms with Gasteiger partial charge in [-0.15, -0.1) is 11.3 Å². The number of ketones is 2. The van der Waals surface area contributed by atoms with Gasteiger partial charge in [0, 0.05) is 36.5 Å². The van der Waals surface area contributed by atoms with Crippen LogP contribution in [-0.2, 0) is 40.5 Å². The van der Waals surface area contributed by atoms with E-state index in [-0.39, 0.29) is 30.2 Å². The zero-order valence-corrected chi connectivity index (χ0v) is 26.9. The third-order valence-electron chi connectivity index (χ3n) is 7.98. The smallest absolute Gasteiger partial charge is 0.335 e. The summed E-state index contributed by atoms with van der Waals surface area (Å²) in [5, 5.41) is 3.42. The molecule has 0 spiro atoms. The van der Waals surface area contributed by atoms with Crippen LogP contribution in [0.15, 0.2) is 91.1 Å². The molecule has 2 aromatic heterocycles. The molecule has 236 valence electrons. The van der Waals surface area contributed by atoms with Gasteiger partial charge in [-0.1, -0.05) is 67.6 Å². The average molecular weight is 657 g/mol. The fraction of sp³-hybridized carbons (Fsp3) is 0.250. The van der Waals surface area contributed by atoms with Crippen molar-refractivity contribution in [1.82, 2.24) is 10.3 Å². The summed E-state index contributed by atoms with van der Waals surface area (Å²) in [5.41, 5.74) is 3.59. The number of hydrogen-bond donors (Lipinski definition) is 1. The first-order valence-corrected chi connectivity index (χ1v) is 16.5. The molecule has 0 amide bonds. The molecule has 10 heteroatoms. The van der Waals surface area contributed by atoms with Gasteiger partial charge >= 0.3 is 11.6 Å². The van der Waals surface area contributed by atoms with Crippen LogP contribution in [0.1, 0.15) is 42.9 Å². The minimum absolute atomic E-state index is 0.0129. The van der Waals surface area contributed by atoms with Crippen molar-refractivity contribution >= 4 is 44.7 Å². The van der Waals surface area contributed by atoms with E-state index < -0.39 is 22.8 Å². The summed E-state index contributed by atoms with van der Waals surface area (Å²) in [7, 11) is 0. The molecule has 0 radical (unpaired) electrons. The van der Waals surface area contributed by atoms with Crippen LogP contribution in [0.4, 0.5) is 4.39 Å². The molecule has 2 heterocycles. The van der Waals surface area contributed by atoms with E-state index in [1.54, 1.807) is 35.7 Å². The van der Waals surface area contributed by atoms with Crippen LogP contribution >= 0.6 is 11.3 Å². The number of hydrogen-bond acceptors (Lipinski definition) is 8. The standard InChI is InChI=1S/C36H33FN2O3S.O2S/c1-2-17-38-23-25-8-11-27(12-9-25)32-22-29-35(43-32)31(14-18-39-29)42-30-13-10-26(19-28(30)37)21-34(41)36(15-16-36)33(40)20-24-6-4-3-5-7-24;1-3-2/h3-14,18-19,22,38H,2,15-17,20-21,23H2,1H3;. The van der Waals surface area contributed by atoms with Gasteiger partial charge in [-0.3, -0.25) is 14.6 Å². The Morgan fingerprint density at radius 1 is 0.891 bits per heavy atom. The van der Waals surface area contributed by atoms with E-state index in [0.29, 0.717) is 24.2 Å². The molecule has 3 aromatic carbocycles. The number of thiophene rings is 1. The van der Waals surface area contributed by atoms with Crippen molar-refractivity contribution in [1.29, 1.82) is 0 Å². The molecule has 46 heavy (non-hydrogen) atoms. The quantitative estimate of drug-likeness (QED) is 0.104. The second-order valence-electron chi connectivity index (χ2n) is 11.2. The Kier molecular flexibility index (Phi) is 11.0. The van der Waals surface area contributed by atoms with Crippen LogP contribution in [0.3, 0.4) is 0 Å². The van der Waals surface area contributed by atoms with Crippen molar-refractivity contribution in [3.63, 3.8) is 0 Å². The number of Topliss-reactive ketones (excluding diaryl/α,β-unsaturated/α-hetero) is 2. The van der Waals surface area contributed by atoms with Gasteiger partial charge in [-0.2, -0.15) is 8.42 Å². The van der Waals surface area contributed by atoms with Gasteiger partial charge in [-0.05, 0) is 66.3 Å². The Bertz CT molecular complexity index is 1870. The largest absolute Gasteiger partial charge is 0.453 e. The number of nitrogens with zero attached hydrogens (tertiary/aromatic N) is 1. The molecule has 1 aliphatic rings. The molecule has 0 unspecified atom stereocenters. The normalized spacial score (nSPS) is 13.0. The number of halogens is 1. The Labute approximate surface area is 274 Å². The number of aromatic nitrogens is 1. The first kappa shape index (κ1) is 33.0. The summed E-state index contributed by atoms with van der Waals surface area (Å²) >= 11 is 0.802. The van der Waals surface area contributed by atoms with Gasteiger partial charge in [0.2, 0.25) is 0 Å². The molecule has 1 saturated carbocycles. The number of fused-ring (bicyclic) bond motifs is 1. The van der Waals surface area contributed by atoms with Crippen LogP contribution in [0.25, 0.3) is 20.7 Å². The molecule has 1 aliphatic carbocycles. The van der Waals surface area contributed by atoms with Crippen molar-refractivity contribution in [2.24, 2.45) is 5.41 Å². The highest BCUT2D eigenvalue weighted by atomic mass is 32.1. The third-order valence-corrected chi connectivity index (χ3v) is 9.16. The summed E-state index contributed by atoms with van der Waals surface area (Å²) in [6, 6.07) is 26.3. The first-order valence-electron chi connectivity index (χ1n) is 15.0. The van der Waals surface area contributed by atoms with E-state index in [9.17, 15) is 9.59 Å². The zero-order valence-electron chi connectivity index (χ0n) is 25.3. The Morgan fingerprint density at radius 2 is 1.57 bits per heavy atom. The van der Waals surface area contributed by atoms with Crippen LogP contribution in [-0.4, -0.2) is 31.5 Å². The highest BCUT2D eigenvalue weighted by molar-refractivity contribution is 7.51. The van der Waals surface area contributed by atoms with Gasteiger partial charge in [-0.25, -0.2) is 4.39 Å². The van der Waals surface area contributed by atoms with Crippen molar-refractivity contribution in [2.75, 3.05) is 6.54 Å². The molecular formula is C36H33FN2O5S2. The summed E-state index contributed by atoms with van der Waals surface area (Å²) in [4.78, 5) is 31.7. The highest BCUT2D eigenvalue weighted by Crippen LogP contribution is 2.49. The third kappa shape index (κ3) is 7.88. The fourth-order valence-electron chi connectivity index (χ4n) is 5.33. The monoisotopic (exact) mass is 656 g/mol. The number of rotatable bonds is 13. The maximum Gasteiger partial charge on any atom is 0.335 e. The summed E-state index contributed by atoms with van der Waals surface area (Å²) in [6.45, 7) is 3.98. The van der Waals surface area contributed by atoms with Crippen molar-refractivity contribution in [3.8, 4) is 21.9 Å². The number of benzene rings is 3. The van der Waals surface area contributed by atoms with E-state index in [1.807, 2.05) is 36.4 Å². The van der Waals surface area contributed by atoms with Crippen LogP contribution < -0.4 is 10.1 Å². The van der Waals surface area contributed by atoms with Crippen LogP contribution in [0.2, 0.25) is 0 Å². The highest BCUT2D eigenvalue weighted by Gasteiger charge is 2.54. The lowest BCUT2D eigenvalue weighted by molar-refractivity contribution is -0.133. The first-order chi connectivity index (χ1) is 22.4. The van der Waals surface area contributed by atoms with Crippen molar-refractivity contribution < 1.29 is 27.1 Å². The molecule has 5 aromatic rings. The second-order valence-corrected chi connectivity index (χ2v) is 12.4. The van der Waals surface area contributed by atoms with E-state index in [4.69, 9.17) is 13.2 Å². The van der Waals surface area contributed by atoms with Crippen molar-refractivity contribution in [2.45, 2.75) is 45.6 Å². The zero-order chi connectivity index (χ0) is 32.5.